The van der Waals surface area contributed by atoms with E-state index in [-0.39, 0.29) is 5.91 Å². The second kappa shape index (κ2) is 13.2. The number of hydrogen-bond acceptors (Lipinski definition) is 6. The Bertz CT molecular complexity index is 1430. The number of carbonyl (C=O) groups excluding carboxylic acids is 2. The Labute approximate surface area is 243 Å². The smallest absolute Gasteiger partial charge is 0.253 e. The lowest BCUT2D eigenvalue weighted by atomic mass is 9.89. The first kappa shape index (κ1) is 28.7. The van der Waals surface area contributed by atoms with Crippen LogP contribution in [0.25, 0.3) is 22.3 Å². The van der Waals surface area contributed by atoms with E-state index in [2.05, 4.69) is 40.9 Å². The van der Waals surface area contributed by atoms with E-state index in [1.54, 1.807) is 12.1 Å². The molecule has 5 rings (SSSR count). The van der Waals surface area contributed by atoms with Crippen LogP contribution in [-0.4, -0.2) is 98.2 Å². The maximum atomic E-state index is 13.6. The van der Waals surface area contributed by atoms with Gasteiger partial charge in [0.25, 0.3) is 5.91 Å². The summed E-state index contributed by atoms with van der Waals surface area (Å²) in [6, 6.07) is 21.8. The minimum absolute atomic E-state index is 0.0246. The standard InChI is InChI=1S/C34H39N5O2/c1-36-13-3-15-38(19-17-36)24-27-7-11-31(30(21-27)23-35)32-12-10-29(34(41)39-16-4-14-37(2)18-20-39)22-33(32)28-8-5-26(25-40)6-9-28/h5-12,21-22,25H,3-4,13-20,24H2,1-2H3. The Kier molecular flexibility index (Phi) is 9.25. The molecule has 0 aliphatic carbocycles. The average Bonchev–Trinajstić information content (AvgIpc) is 3.35. The molecule has 0 atom stereocenters. The van der Waals surface area contributed by atoms with Crippen molar-refractivity contribution in [3.63, 3.8) is 0 Å². The lowest BCUT2D eigenvalue weighted by Crippen LogP contribution is -2.34. The van der Waals surface area contributed by atoms with Crippen molar-refractivity contribution in [2.24, 2.45) is 0 Å². The molecule has 2 aliphatic heterocycles. The molecular weight excluding hydrogens is 510 g/mol. The maximum Gasteiger partial charge on any atom is 0.253 e. The molecule has 0 bridgehead atoms. The van der Waals surface area contributed by atoms with Crippen molar-refractivity contribution >= 4 is 12.2 Å². The zero-order valence-electron chi connectivity index (χ0n) is 24.2. The second-order valence-electron chi connectivity index (χ2n) is 11.4. The SMILES string of the molecule is CN1CCCN(Cc2ccc(-c3ccc(C(=O)N4CCCN(C)CC4)cc3-c3ccc(C=O)cc3)c(C#N)c2)CC1. The van der Waals surface area contributed by atoms with Crippen molar-refractivity contribution in [2.75, 3.05) is 66.5 Å². The van der Waals surface area contributed by atoms with Crippen molar-refractivity contribution in [3.8, 4) is 28.3 Å². The fraction of sp³-hybridized carbons (Fsp3) is 0.382. The number of carbonyl (C=O) groups is 2. The number of hydrogen-bond donors (Lipinski definition) is 0. The molecule has 2 fully saturated rings. The zero-order valence-corrected chi connectivity index (χ0v) is 24.2. The molecule has 212 valence electrons. The lowest BCUT2D eigenvalue weighted by molar-refractivity contribution is 0.0762. The molecule has 2 aliphatic rings. The summed E-state index contributed by atoms with van der Waals surface area (Å²) in [4.78, 5) is 33.9. The average molecular weight is 550 g/mol. The van der Waals surface area contributed by atoms with Crippen LogP contribution in [0.5, 0.6) is 0 Å². The predicted molar refractivity (Wildman–Crippen MR) is 163 cm³/mol. The number of rotatable bonds is 6. The third-order valence-corrected chi connectivity index (χ3v) is 8.34. The van der Waals surface area contributed by atoms with Crippen LogP contribution >= 0.6 is 0 Å². The number of aldehydes is 1. The molecule has 3 aromatic carbocycles. The first-order chi connectivity index (χ1) is 19.9. The summed E-state index contributed by atoms with van der Waals surface area (Å²) in [5, 5.41) is 10.2. The van der Waals surface area contributed by atoms with E-state index in [4.69, 9.17) is 0 Å². The third-order valence-electron chi connectivity index (χ3n) is 8.34. The molecule has 7 heteroatoms. The van der Waals surface area contributed by atoms with E-state index in [9.17, 15) is 14.9 Å². The van der Waals surface area contributed by atoms with Gasteiger partial charge in [-0.05, 0) is 87.0 Å². The van der Waals surface area contributed by atoms with Crippen molar-refractivity contribution in [3.05, 3.63) is 82.9 Å². The van der Waals surface area contributed by atoms with Gasteiger partial charge in [0.15, 0.2) is 0 Å². The van der Waals surface area contributed by atoms with E-state index < -0.39 is 0 Å². The minimum atomic E-state index is 0.0246. The molecule has 7 nitrogen and oxygen atoms in total. The van der Waals surface area contributed by atoms with Gasteiger partial charge < -0.3 is 14.7 Å². The zero-order chi connectivity index (χ0) is 28.8. The number of amides is 1. The summed E-state index contributed by atoms with van der Waals surface area (Å²) in [6.45, 7) is 8.34. The second-order valence-corrected chi connectivity index (χ2v) is 11.4. The van der Waals surface area contributed by atoms with Crippen molar-refractivity contribution in [1.29, 1.82) is 5.26 Å². The van der Waals surface area contributed by atoms with Crippen molar-refractivity contribution in [1.82, 2.24) is 19.6 Å². The minimum Gasteiger partial charge on any atom is -0.337 e. The molecule has 0 N–H and O–H groups in total. The molecule has 41 heavy (non-hydrogen) atoms. The summed E-state index contributed by atoms with van der Waals surface area (Å²) in [7, 11) is 4.26. The maximum absolute atomic E-state index is 13.6. The van der Waals surface area contributed by atoms with Gasteiger partial charge in [0.1, 0.15) is 6.29 Å². The van der Waals surface area contributed by atoms with Gasteiger partial charge in [-0.2, -0.15) is 5.26 Å². The molecule has 0 unspecified atom stereocenters. The topological polar surface area (TPSA) is 70.9 Å². The highest BCUT2D eigenvalue weighted by atomic mass is 16.2. The normalized spacial score (nSPS) is 17.4. The molecular formula is C34H39N5O2. The number of nitriles is 1. The van der Waals surface area contributed by atoms with E-state index in [0.717, 1.165) is 99.3 Å². The van der Waals surface area contributed by atoms with Crippen LogP contribution in [0.4, 0.5) is 0 Å². The molecule has 2 saturated heterocycles. The van der Waals surface area contributed by atoms with Gasteiger partial charge in [-0.3, -0.25) is 14.5 Å². The highest BCUT2D eigenvalue weighted by Gasteiger charge is 2.22. The van der Waals surface area contributed by atoms with E-state index in [0.29, 0.717) is 23.2 Å². The molecule has 3 aromatic rings. The van der Waals surface area contributed by atoms with Crippen LogP contribution in [0.1, 0.15) is 44.7 Å². The number of likely N-dealkylation sites (N-methyl/N-ethyl adjacent to an activating group) is 2. The van der Waals surface area contributed by atoms with Gasteiger partial charge in [0.2, 0.25) is 0 Å². The molecule has 0 saturated carbocycles. The Balaban J connectivity index is 1.50. The molecule has 0 radical (unpaired) electrons. The van der Waals surface area contributed by atoms with Gasteiger partial charge >= 0.3 is 0 Å². The summed E-state index contributed by atoms with van der Waals surface area (Å²) < 4.78 is 0. The molecule has 0 spiro atoms. The lowest BCUT2D eigenvalue weighted by Gasteiger charge is -2.22. The summed E-state index contributed by atoms with van der Waals surface area (Å²) in [5.74, 6) is 0.0246. The molecule has 0 aromatic heterocycles. The molecule has 1 amide bonds. The largest absolute Gasteiger partial charge is 0.337 e. The van der Waals surface area contributed by atoms with Gasteiger partial charge in [0, 0.05) is 56.0 Å². The Morgan fingerprint density at radius 3 is 2.22 bits per heavy atom. The first-order valence-electron chi connectivity index (χ1n) is 14.6. The van der Waals surface area contributed by atoms with Crippen molar-refractivity contribution in [2.45, 2.75) is 19.4 Å². The Morgan fingerprint density at radius 2 is 1.49 bits per heavy atom. The highest BCUT2D eigenvalue weighted by Crippen LogP contribution is 2.36. The van der Waals surface area contributed by atoms with Gasteiger partial charge in [-0.15, -0.1) is 0 Å². The van der Waals surface area contributed by atoms with Crippen LogP contribution in [0, 0.1) is 11.3 Å². The summed E-state index contributed by atoms with van der Waals surface area (Å²) in [5.41, 5.74) is 6.50. The van der Waals surface area contributed by atoms with Gasteiger partial charge in [-0.1, -0.05) is 42.5 Å². The number of benzene rings is 3. The van der Waals surface area contributed by atoms with E-state index in [1.807, 2.05) is 47.4 Å². The van der Waals surface area contributed by atoms with E-state index >= 15 is 0 Å². The highest BCUT2D eigenvalue weighted by molar-refractivity contribution is 5.98. The Hall–Kier alpha value is -3.83. The fourth-order valence-corrected chi connectivity index (χ4v) is 5.86. The van der Waals surface area contributed by atoms with Crippen LogP contribution < -0.4 is 0 Å². The van der Waals surface area contributed by atoms with Gasteiger partial charge in [-0.25, -0.2) is 0 Å². The summed E-state index contributed by atoms with van der Waals surface area (Å²) >= 11 is 0. The van der Waals surface area contributed by atoms with Crippen LogP contribution in [0.2, 0.25) is 0 Å². The predicted octanol–water partition coefficient (Wildman–Crippen LogP) is 4.62. The van der Waals surface area contributed by atoms with Gasteiger partial charge in [0.05, 0.1) is 11.6 Å². The fourth-order valence-electron chi connectivity index (χ4n) is 5.86. The van der Waals surface area contributed by atoms with Crippen molar-refractivity contribution < 1.29 is 9.59 Å². The van der Waals surface area contributed by atoms with Crippen LogP contribution in [-0.2, 0) is 6.54 Å². The third kappa shape index (κ3) is 6.91. The summed E-state index contributed by atoms with van der Waals surface area (Å²) in [6.07, 6.45) is 2.92. The molecule has 2 heterocycles. The quantitative estimate of drug-likeness (QED) is 0.418. The number of nitrogens with zero attached hydrogens (tertiary/aromatic N) is 5. The van der Waals surface area contributed by atoms with Crippen LogP contribution in [0.15, 0.2) is 60.7 Å². The van der Waals surface area contributed by atoms with Crippen LogP contribution in [0.3, 0.4) is 0 Å². The monoisotopic (exact) mass is 549 g/mol. The Morgan fingerprint density at radius 1 is 0.780 bits per heavy atom. The first-order valence-corrected chi connectivity index (χ1v) is 14.6. The van der Waals surface area contributed by atoms with E-state index in [1.165, 1.54) is 0 Å².